The number of allylic oxidation sites excluding steroid dienone is 1. The van der Waals surface area contributed by atoms with Gasteiger partial charge in [0.2, 0.25) is 23.6 Å². The van der Waals surface area contributed by atoms with Crippen LogP contribution in [0.25, 0.3) is 0 Å². The average Bonchev–Trinajstić information content (AvgIpc) is 3.60. The summed E-state index contributed by atoms with van der Waals surface area (Å²) in [6.07, 6.45) is 0.523. The largest absolute Gasteiger partial charge is 0.403 e. The molecule has 0 spiro atoms. The van der Waals surface area contributed by atoms with E-state index in [9.17, 15) is 19.2 Å². The molecule has 336 valence electrons. The van der Waals surface area contributed by atoms with Gasteiger partial charge >= 0.3 is 12.4 Å². The number of halogens is 6. The molecule has 0 bridgehead atoms. The monoisotopic (exact) mass is 854 g/mol. The molecule has 0 aromatic rings. The van der Waals surface area contributed by atoms with Crippen molar-refractivity contribution in [2.24, 2.45) is 52.8 Å². The Hall–Kier alpha value is -2.48. The van der Waals surface area contributed by atoms with Crippen molar-refractivity contribution in [2.45, 2.75) is 197 Å². The van der Waals surface area contributed by atoms with Crippen molar-refractivity contribution in [3.05, 3.63) is 12.7 Å². The van der Waals surface area contributed by atoms with Crippen LogP contribution in [0, 0.1) is 52.8 Å². The first-order chi connectivity index (χ1) is 28.5. The number of carbonyl (C=O) groups excluding carboxylic acids is 4. The van der Waals surface area contributed by atoms with Crippen molar-refractivity contribution in [3.8, 4) is 0 Å². The van der Waals surface area contributed by atoms with Gasteiger partial charge in [-0.05, 0) is 146 Å². The quantitative estimate of drug-likeness (QED) is 0.130. The molecule has 8 aliphatic rings. The van der Waals surface area contributed by atoms with Gasteiger partial charge < -0.3 is 9.47 Å². The Morgan fingerprint density at radius 1 is 0.500 bits per heavy atom. The van der Waals surface area contributed by atoms with Crippen LogP contribution in [0.5, 0.6) is 0 Å². The maximum Gasteiger partial charge on any atom is 0.403 e. The third kappa shape index (κ3) is 8.01. The maximum absolute atomic E-state index is 15.6. The lowest BCUT2D eigenvalue weighted by atomic mass is 9.54. The minimum atomic E-state index is -5.76. The Morgan fingerprint density at radius 3 is 1.40 bits per heavy atom. The molecule has 0 aromatic heterocycles. The maximum atomic E-state index is 15.6. The Labute approximate surface area is 350 Å². The van der Waals surface area contributed by atoms with Gasteiger partial charge in [0.25, 0.3) is 0 Å². The number of nitrogens with zero attached hydrogens (tertiary/aromatic N) is 2. The van der Waals surface area contributed by atoms with E-state index >= 15 is 26.3 Å². The number of hydrogen-bond donors (Lipinski definition) is 0. The highest BCUT2D eigenvalue weighted by Crippen LogP contribution is 2.67. The standard InChI is InChI=1S/C46H64F6N2O6/c1-3-27-9-5-10-30(21-27)53-40(55)36-18-16-28(22-38(36)42(53)57)44(45(47,48)49,46(50,51)52)29-17-19-37-39(23-29)43(58)54(41(37)56)31-11-6-13-33(24-31)60-35-15-7-14-34(25-35)59-32-12-4-8-26(2)20-32/h3,26-39H,1,4-25H2,2H3. The van der Waals surface area contributed by atoms with Crippen LogP contribution in [0.1, 0.15) is 148 Å². The highest BCUT2D eigenvalue weighted by Gasteiger charge is 2.78. The van der Waals surface area contributed by atoms with Crippen LogP contribution in [-0.4, -0.2) is 82.3 Å². The molecular weight excluding hydrogens is 791 g/mol. The molecule has 2 aliphatic heterocycles. The van der Waals surface area contributed by atoms with Crippen LogP contribution in [0.15, 0.2) is 12.7 Å². The van der Waals surface area contributed by atoms with Crippen LogP contribution in [0.4, 0.5) is 26.3 Å². The van der Waals surface area contributed by atoms with Crippen LogP contribution in [0.2, 0.25) is 0 Å². The molecule has 2 heterocycles. The van der Waals surface area contributed by atoms with Gasteiger partial charge in [-0.25, -0.2) is 0 Å². The Kier molecular flexibility index (Phi) is 12.7. The number of amides is 4. The summed E-state index contributed by atoms with van der Waals surface area (Å²) in [6, 6.07) is -0.984. The molecule has 14 atom stereocenters. The zero-order valence-electron chi connectivity index (χ0n) is 35.0. The second-order valence-electron chi connectivity index (χ2n) is 20.2. The molecule has 8 fully saturated rings. The van der Waals surface area contributed by atoms with Crippen molar-refractivity contribution in [2.75, 3.05) is 0 Å². The highest BCUT2D eigenvalue weighted by atomic mass is 19.4. The number of likely N-dealkylation sites (tertiary alicyclic amines) is 2. The van der Waals surface area contributed by atoms with Crippen molar-refractivity contribution >= 4 is 23.6 Å². The van der Waals surface area contributed by atoms with E-state index in [4.69, 9.17) is 9.47 Å². The SMILES string of the molecule is C=CC1CCCC(N2C(=O)C3CCC(C(C4CCC5C(=O)N(C6CCCC(OC7CCCC(OC8CCCC(C)C8)C7)C6)C(=O)C5C4)(C(F)(F)F)C(F)(F)F)CC3C2=O)C1. The fourth-order valence-corrected chi connectivity index (χ4v) is 13.9. The normalized spacial score (nSPS) is 41.0. The van der Waals surface area contributed by atoms with Gasteiger partial charge in [-0.3, -0.25) is 29.0 Å². The lowest BCUT2D eigenvalue weighted by Crippen LogP contribution is -2.61. The highest BCUT2D eigenvalue weighted by molar-refractivity contribution is 6.06. The fraction of sp³-hybridized carbons (Fsp3) is 0.870. The molecule has 6 aliphatic carbocycles. The van der Waals surface area contributed by atoms with Crippen LogP contribution in [0.3, 0.4) is 0 Å². The van der Waals surface area contributed by atoms with E-state index < -0.39 is 115 Å². The minimum Gasteiger partial charge on any atom is -0.375 e. The number of rotatable bonds is 9. The summed E-state index contributed by atoms with van der Waals surface area (Å²) in [4.78, 5) is 58.0. The molecule has 6 saturated carbocycles. The van der Waals surface area contributed by atoms with E-state index in [1.165, 1.54) is 17.7 Å². The van der Waals surface area contributed by atoms with Gasteiger partial charge in [0.05, 0.1) is 48.1 Å². The second kappa shape index (κ2) is 17.2. The number of alkyl halides is 6. The molecular formula is C46H64F6N2O6. The summed E-state index contributed by atoms with van der Waals surface area (Å²) in [5, 5.41) is 0. The summed E-state index contributed by atoms with van der Waals surface area (Å²) in [5.41, 5.74) is -4.21. The van der Waals surface area contributed by atoms with E-state index in [-0.39, 0.29) is 43.2 Å². The first-order valence-corrected chi connectivity index (χ1v) is 23.3. The average molecular weight is 855 g/mol. The summed E-state index contributed by atoms with van der Waals surface area (Å²) in [5.74, 6) is -10.1. The predicted molar refractivity (Wildman–Crippen MR) is 209 cm³/mol. The molecule has 8 rings (SSSR count). The van der Waals surface area contributed by atoms with Crippen molar-refractivity contribution < 1.29 is 55.0 Å². The molecule has 0 radical (unpaired) electrons. The lowest BCUT2D eigenvalue weighted by Gasteiger charge is -2.52. The molecule has 4 amide bonds. The first kappa shape index (κ1) is 44.1. The Bertz CT molecular complexity index is 1620. The number of fused-ring (bicyclic) bond motifs is 2. The summed E-state index contributed by atoms with van der Waals surface area (Å²) >= 11 is 0. The predicted octanol–water partition coefficient (Wildman–Crippen LogP) is 9.88. The van der Waals surface area contributed by atoms with Crippen LogP contribution >= 0.6 is 0 Å². The summed E-state index contributed by atoms with van der Waals surface area (Å²) < 4.78 is 107. The second-order valence-corrected chi connectivity index (χ2v) is 20.2. The number of carbonyl (C=O) groups is 4. The smallest absolute Gasteiger partial charge is 0.375 e. The van der Waals surface area contributed by atoms with E-state index in [1.807, 2.05) is 0 Å². The van der Waals surface area contributed by atoms with Crippen molar-refractivity contribution in [3.63, 3.8) is 0 Å². The molecule has 0 N–H and O–H groups in total. The summed E-state index contributed by atoms with van der Waals surface area (Å²) in [7, 11) is 0. The Balaban J connectivity index is 0.954. The van der Waals surface area contributed by atoms with Crippen molar-refractivity contribution in [1.82, 2.24) is 9.80 Å². The van der Waals surface area contributed by atoms with Crippen LogP contribution < -0.4 is 0 Å². The molecule has 14 unspecified atom stereocenters. The molecule has 14 heteroatoms. The van der Waals surface area contributed by atoms with E-state index in [1.54, 1.807) is 6.08 Å². The lowest BCUT2D eigenvalue weighted by molar-refractivity contribution is -0.383. The zero-order valence-corrected chi connectivity index (χ0v) is 35.0. The first-order valence-electron chi connectivity index (χ1n) is 23.3. The molecule has 8 nitrogen and oxygen atoms in total. The number of ether oxygens (including phenoxy) is 2. The van der Waals surface area contributed by atoms with Crippen LogP contribution in [-0.2, 0) is 28.7 Å². The molecule has 0 aromatic carbocycles. The van der Waals surface area contributed by atoms with Crippen molar-refractivity contribution in [1.29, 1.82) is 0 Å². The van der Waals surface area contributed by atoms with Gasteiger partial charge in [-0.15, -0.1) is 6.58 Å². The van der Waals surface area contributed by atoms with Gasteiger partial charge in [-0.1, -0.05) is 32.3 Å². The number of imide groups is 2. The van der Waals surface area contributed by atoms with Gasteiger partial charge in [-0.2, -0.15) is 26.3 Å². The summed E-state index contributed by atoms with van der Waals surface area (Å²) in [6.45, 7) is 6.09. The van der Waals surface area contributed by atoms with Gasteiger partial charge in [0.15, 0.2) is 5.41 Å². The zero-order chi connectivity index (χ0) is 42.7. The number of hydrogen-bond acceptors (Lipinski definition) is 6. The topological polar surface area (TPSA) is 93.2 Å². The fourth-order valence-electron chi connectivity index (χ4n) is 13.9. The molecule has 2 saturated heterocycles. The minimum absolute atomic E-state index is 0.0210. The van der Waals surface area contributed by atoms with E-state index in [2.05, 4.69) is 13.5 Å². The van der Waals surface area contributed by atoms with E-state index in [0.717, 1.165) is 62.7 Å². The van der Waals surface area contributed by atoms with E-state index in [0.29, 0.717) is 38.0 Å². The van der Waals surface area contributed by atoms with Gasteiger partial charge in [0, 0.05) is 12.1 Å². The third-order valence-electron chi connectivity index (χ3n) is 16.7. The molecule has 60 heavy (non-hydrogen) atoms. The van der Waals surface area contributed by atoms with Gasteiger partial charge in [0.1, 0.15) is 0 Å². The third-order valence-corrected chi connectivity index (χ3v) is 16.7. The Morgan fingerprint density at radius 2 is 0.917 bits per heavy atom.